The van der Waals surface area contributed by atoms with Gasteiger partial charge in [0.05, 0.1) is 11.4 Å². The average Bonchev–Trinajstić information content (AvgIpc) is 3.30. The molecule has 9 aromatic carbocycles. The van der Waals surface area contributed by atoms with Crippen molar-refractivity contribution < 1.29 is 0 Å². The maximum Gasteiger partial charge on any atom is 0.160 e. The lowest BCUT2D eigenvalue weighted by Crippen LogP contribution is -1.98. The summed E-state index contributed by atoms with van der Waals surface area (Å²) < 4.78 is 0. The van der Waals surface area contributed by atoms with Gasteiger partial charge in [-0.15, -0.1) is 0 Å². The molecule has 0 aliphatic heterocycles. The Morgan fingerprint density at radius 2 is 0.931 bits per heavy atom. The minimum Gasteiger partial charge on any atom is -0.228 e. The number of benzene rings is 9. The molecule has 0 amide bonds. The van der Waals surface area contributed by atoms with Gasteiger partial charge in [-0.1, -0.05) is 195 Å². The predicted octanol–water partition coefficient (Wildman–Crippen LogP) is 15.2. The summed E-state index contributed by atoms with van der Waals surface area (Å²) in [5.74, 6) is 0.647. The zero-order chi connectivity index (χ0) is 39.0. The van der Waals surface area contributed by atoms with Crippen molar-refractivity contribution >= 4 is 48.7 Å². The fourth-order valence-electron chi connectivity index (χ4n) is 8.53. The van der Waals surface area contributed by atoms with Gasteiger partial charge in [-0.25, -0.2) is 9.97 Å². The molecule has 2 heteroatoms. The van der Waals surface area contributed by atoms with E-state index < -0.39 is 0 Å². The van der Waals surface area contributed by atoms with Crippen LogP contribution in [0.1, 0.15) is 5.69 Å². The molecule has 0 spiro atoms. The van der Waals surface area contributed by atoms with Crippen molar-refractivity contribution in [2.24, 2.45) is 0 Å². The van der Waals surface area contributed by atoms with E-state index >= 15 is 0 Å². The smallest absolute Gasteiger partial charge is 0.160 e. The maximum absolute atomic E-state index is 5.20. The molecule has 10 aromatic rings. The highest BCUT2D eigenvalue weighted by Crippen LogP contribution is 2.46. The molecule has 58 heavy (non-hydrogen) atoms. The molecule has 2 nitrogen and oxygen atoms in total. The Labute approximate surface area is 338 Å². The highest BCUT2D eigenvalue weighted by atomic mass is 14.9. The highest BCUT2D eigenvalue weighted by molar-refractivity contribution is 6.23. The van der Waals surface area contributed by atoms with Crippen molar-refractivity contribution in [3.63, 3.8) is 0 Å². The summed E-state index contributed by atoms with van der Waals surface area (Å²) in [6.07, 6.45) is 5.53. The first-order chi connectivity index (χ1) is 28.7. The lowest BCUT2D eigenvalue weighted by molar-refractivity contribution is 1.16. The first-order valence-electron chi connectivity index (χ1n) is 19.6. The first kappa shape index (κ1) is 34.8. The fourth-order valence-corrected chi connectivity index (χ4v) is 8.53. The van der Waals surface area contributed by atoms with Gasteiger partial charge in [0.2, 0.25) is 0 Å². The van der Waals surface area contributed by atoms with E-state index in [9.17, 15) is 0 Å². The van der Waals surface area contributed by atoms with Gasteiger partial charge in [0, 0.05) is 11.1 Å². The van der Waals surface area contributed by atoms with Crippen molar-refractivity contribution in [2.75, 3.05) is 0 Å². The maximum atomic E-state index is 5.20. The molecule has 0 bridgehead atoms. The molecule has 0 unspecified atom stereocenters. The van der Waals surface area contributed by atoms with Crippen LogP contribution in [0.5, 0.6) is 0 Å². The molecule has 0 saturated carbocycles. The summed E-state index contributed by atoms with van der Waals surface area (Å²) in [4.78, 5) is 10.4. The van der Waals surface area contributed by atoms with Gasteiger partial charge < -0.3 is 0 Å². The molecule has 1 aromatic heterocycles. The molecule has 10 rings (SSSR count). The van der Waals surface area contributed by atoms with Gasteiger partial charge >= 0.3 is 0 Å². The second kappa shape index (κ2) is 14.8. The van der Waals surface area contributed by atoms with E-state index in [1.54, 1.807) is 6.08 Å². The van der Waals surface area contributed by atoms with Crippen LogP contribution in [-0.4, -0.2) is 9.97 Å². The van der Waals surface area contributed by atoms with Gasteiger partial charge in [-0.05, 0) is 106 Å². The molecular formula is C56H38N2. The molecule has 0 fully saturated rings. The van der Waals surface area contributed by atoms with E-state index in [1.807, 2.05) is 36.4 Å². The minimum atomic E-state index is 0.647. The van der Waals surface area contributed by atoms with Crippen LogP contribution in [0.3, 0.4) is 0 Å². The average molecular weight is 739 g/mol. The van der Waals surface area contributed by atoms with Crippen LogP contribution in [0.4, 0.5) is 0 Å². The van der Waals surface area contributed by atoms with E-state index in [1.165, 1.54) is 65.5 Å². The number of aromatic nitrogens is 2. The molecule has 0 radical (unpaired) electrons. The molecule has 0 aliphatic carbocycles. The third kappa shape index (κ3) is 6.09. The molecule has 0 aliphatic rings. The van der Waals surface area contributed by atoms with Gasteiger partial charge in [0.1, 0.15) is 0 Å². The molecule has 272 valence electrons. The van der Waals surface area contributed by atoms with Gasteiger partial charge in [0.15, 0.2) is 5.82 Å². The van der Waals surface area contributed by atoms with Crippen molar-refractivity contribution in [3.8, 4) is 56.0 Å². The second-order valence-electron chi connectivity index (χ2n) is 14.6. The first-order valence-corrected chi connectivity index (χ1v) is 19.6. The summed E-state index contributed by atoms with van der Waals surface area (Å²) in [5, 5.41) is 9.70. The highest BCUT2D eigenvalue weighted by Gasteiger charge is 2.20. The monoisotopic (exact) mass is 738 g/mol. The quantitative estimate of drug-likeness (QED) is 0.0881. The van der Waals surface area contributed by atoms with Crippen LogP contribution < -0.4 is 0 Å². The standard InChI is InChI=1S/C56H38N2/c1-3-18-37(4-2)52-36-53(38-19-8-5-9-20-38)58-56(57-52)43-30-32-48-51(35-43)55(40-23-12-7-13-24-40)47-31-29-42(34-50(47)54(48)39-21-10-6-11-22-39)49-33-41-25-14-15-26-44(41)45-27-16-17-28-46(45)49/h3-36H,1-2H2/b37-18+. The van der Waals surface area contributed by atoms with Crippen LogP contribution in [0, 0.1) is 0 Å². The molecule has 0 N–H and O–H groups in total. The lowest BCUT2D eigenvalue weighted by atomic mass is 9.83. The van der Waals surface area contributed by atoms with Crippen LogP contribution >= 0.6 is 0 Å². The Hall–Kier alpha value is -7.68. The summed E-state index contributed by atoms with van der Waals surface area (Å²) in [6.45, 7) is 8.04. The van der Waals surface area contributed by atoms with Gasteiger partial charge in [-0.2, -0.15) is 0 Å². The van der Waals surface area contributed by atoms with Crippen LogP contribution in [-0.2, 0) is 0 Å². The summed E-state index contributed by atoms with van der Waals surface area (Å²) >= 11 is 0. The number of fused-ring (bicyclic) bond motifs is 5. The Bertz CT molecular complexity index is 3230. The van der Waals surface area contributed by atoms with E-state index in [2.05, 4.69) is 177 Å². The Morgan fingerprint density at radius 1 is 0.397 bits per heavy atom. The molecular weight excluding hydrogens is 701 g/mol. The summed E-state index contributed by atoms with van der Waals surface area (Å²) in [5.41, 5.74) is 11.6. The molecule has 0 atom stereocenters. The third-order valence-corrected chi connectivity index (χ3v) is 11.2. The van der Waals surface area contributed by atoms with E-state index in [0.29, 0.717) is 5.82 Å². The van der Waals surface area contributed by atoms with E-state index in [-0.39, 0.29) is 0 Å². The van der Waals surface area contributed by atoms with Crippen molar-refractivity contribution in [1.29, 1.82) is 0 Å². The second-order valence-corrected chi connectivity index (χ2v) is 14.6. The van der Waals surface area contributed by atoms with Crippen molar-refractivity contribution in [3.05, 3.63) is 225 Å². The number of allylic oxidation sites excluding steroid dienone is 4. The zero-order valence-corrected chi connectivity index (χ0v) is 31.9. The SMILES string of the molecule is C=C/C=C(\C=C)c1cc(-c2ccccc2)nc(-c2ccc3c(-c4ccccc4)c4cc(-c5cc6ccccc6c6ccccc56)ccc4c(-c4ccccc4)c3c2)n1. The van der Waals surface area contributed by atoms with Crippen LogP contribution in [0.2, 0.25) is 0 Å². The number of nitrogens with zero attached hydrogens (tertiary/aromatic N) is 2. The van der Waals surface area contributed by atoms with Gasteiger partial charge in [-0.3, -0.25) is 0 Å². The summed E-state index contributed by atoms with van der Waals surface area (Å²) in [6, 6.07) is 67.5. The lowest BCUT2D eigenvalue weighted by Gasteiger charge is -2.20. The topological polar surface area (TPSA) is 25.8 Å². The van der Waals surface area contributed by atoms with Crippen molar-refractivity contribution in [1.82, 2.24) is 9.97 Å². The van der Waals surface area contributed by atoms with E-state index in [0.717, 1.165) is 39.0 Å². The minimum absolute atomic E-state index is 0.647. The molecule has 1 heterocycles. The number of hydrogen-bond donors (Lipinski definition) is 0. The normalized spacial score (nSPS) is 11.7. The van der Waals surface area contributed by atoms with Crippen molar-refractivity contribution in [2.45, 2.75) is 0 Å². The number of hydrogen-bond acceptors (Lipinski definition) is 2. The number of rotatable bonds is 8. The zero-order valence-electron chi connectivity index (χ0n) is 31.9. The van der Waals surface area contributed by atoms with Gasteiger partial charge in [0.25, 0.3) is 0 Å². The molecule has 0 saturated heterocycles. The Kier molecular flexibility index (Phi) is 8.85. The predicted molar refractivity (Wildman–Crippen MR) is 248 cm³/mol. The van der Waals surface area contributed by atoms with E-state index in [4.69, 9.17) is 9.97 Å². The van der Waals surface area contributed by atoms with Crippen LogP contribution in [0.25, 0.3) is 105 Å². The largest absolute Gasteiger partial charge is 0.228 e. The Morgan fingerprint density at radius 3 is 1.55 bits per heavy atom. The summed E-state index contributed by atoms with van der Waals surface area (Å²) in [7, 11) is 0. The van der Waals surface area contributed by atoms with Crippen LogP contribution in [0.15, 0.2) is 219 Å². The third-order valence-electron chi connectivity index (χ3n) is 11.2. The Balaban J connectivity index is 1.29. The fraction of sp³-hybridized carbons (Fsp3) is 0.